The van der Waals surface area contributed by atoms with Gasteiger partial charge in [-0.25, -0.2) is 13.9 Å². The molecule has 0 unspecified atom stereocenters. The van der Waals surface area contributed by atoms with E-state index in [1.165, 1.54) is 12.1 Å². The lowest BCUT2D eigenvalue weighted by Crippen LogP contribution is -2.37. The number of ether oxygens (including phenoxy) is 1. The molecule has 1 aliphatic rings. The van der Waals surface area contributed by atoms with Crippen LogP contribution in [-0.2, 0) is 11.8 Å². The average Bonchev–Trinajstić information content (AvgIpc) is 3.32. The number of aromatic nitrogens is 5. The maximum absolute atomic E-state index is 13.5. The van der Waals surface area contributed by atoms with E-state index in [1.54, 1.807) is 22.8 Å². The molecule has 0 saturated carbocycles. The zero-order valence-corrected chi connectivity index (χ0v) is 15.4. The molecular formula is C20H19FN6O. The number of aryl methyl sites for hydroxylation is 1. The van der Waals surface area contributed by atoms with Crippen LogP contribution >= 0.6 is 0 Å². The second-order valence-electron chi connectivity index (χ2n) is 6.73. The van der Waals surface area contributed by atoms with Gasteiger partial charge >= 0.3 is 0 Å². The molecule has 0 amide bonds. The molecule has 28 heavy (non-hydrogen) atoms. The monoisotopic (exact) mass is 378 g/mol. The molecule has 0 atom stereocenters. The van der Waals surface area contributed by atoms with Gasteiger partial charge in [-0.3, -0.25) is 4.68 Å². The van der Waals surface area contributed by atoms with Gasteiger partial charge in [0.15, 0.2) is 5.65 Å². The highest BCUT2D eigenvalue weighted by Gasteiger charge is 2.26. The van der Waals surface area contributed by atoms with E-state index in [4.69, 9.17) is 14.9 Å². The fourth-order valence-corrected chi connectivity index (χ4v) is 3.65. The third kappa shape index (κ3) is 2.82. The summed E-state index contributed by atoms with van der Waals surface area (Å²) in [4.78, 5) is 6.53. The van der Waals surface area contributed by atoms with E-state index in [1.807, 2.05) is 30.1 Å². The van der Waals surface area contributed by atoms with Crippen LogP contribution in [0.25, 0.3) is 28.2 Å². The van der Waals surface area contributed by atoms with Gasteiger partial charge in [-0.1, -0.05) is 0 Å². The average molecular weight is 378 g/mol. The van der Waals surface area contributed by atoms with Crippen molar-refractivity contribution in [3.05, 3.63) is 54.6 Å². The van der Waals surface area contributed by atoms with Crippen LogP contribution in [-0.4, -0.2) is 50.7 Å². The first-order valence-corrected chi connectivity index (χ1v) is 9.17. The topological polar surface area (TPSA) is 60.5 Å². The number of morpholine rings is 1. The highest BCUT2D eigenvalue weighted by molar-refractivity contribution is 5.88. The minimum atomic E-state index is -0.271. The molecule has 142 valence electrons. The number of imidazole rings is 1. The quantitative estimate of drug-likeness (QED) is 0.549. The minimum absolute atomic E-state index is 0.271. The lowest BCUT2D eigenvalue weighted by atomic mass is 10.0. The van der Waals surface area contributed by atoms with Gasteiger partial charge in [-0.05, 0) is 36.4 Å². The standard InChI is InChI=1S/C20H19FN6O/c1-25-20(26-10-12-28-13-11-26)18(16-6-7-17-22-8-9-27(17)23-16)19(24-25)14-2-4-15(21)5-3-14/h2-9H,10-13H2,1H3. The number of nitrogens with zero attached hydrogens (tertiary/aromatic N) is 6. The van der Waals surface area contributed by atoms with Gasteiger partial charge in [-0.2, -0.15) is 10.2 Å². The van der Waals surface area contributed by atoms with Crippen LogP contribution in [0.5, 0.6) is 0 Å². The fourth-order valence-electron chi connectivity index (χ4n) is 3.65. The van der Waals surface area contributed by atoms with Crippen LogP contribution in [0.1, 0.15) is 0 Å². The molecule has 0 radical (unpaired) electrons. The van der Waals surface area contributed by atoms with Crippen LogP contribution in [0.15, 0.2) is 48.8 Å². The highest BCUT2D eigenvalue weighted by Crippen LogP contribution is 2.38. The SMILES string of the molecule is Cn1nc(-c2ccc(F)cc2)c(-c2ccc3nccn3n2)c1N1CCOCC1. The summed E-state index contributed by atoms with van der Waals surface area (Å²) >= 11 is 0. The number of hydrogen-bond acceptors (Lipinski definition) is 5. The molecule has 0 bridgehead atoms. The number of fused-ring (bicyclic) bond motifs is 1. The Morgan fingerprint density at radius 2 is 1.79 bits per heavy atom. The maximum Gasteiger partial charge on any atom is 0.153 e. The predicted molar refractivity (Wildman–Crippen MR) is 104 cm³/mol. The molecule has 8 heteroatoms. The Balaban J connectivity index is 1.73. The third-order valence-corrected chi connectivity index (χ3v) is 4.96. The Kier molecular flexibility index (Phi) is 4.05. The molecule has 0 N–H and O–H groups in total. The molecule has 7 nitrogen and oxygen atoms in total. The first-order chi connectivity index (χ1) is 13.7. The molecule has 0 spiro atoms. The van der Waals surface area contributed by atoms with Crippen LogP contribution in [0.2, 0.25) is 0 Å². The van der Waals surface area contributed by atoms with E-state index in [0.29, 0.717) is 13.2 Å². The molecule has 1 aliphatic heterocycles. The maximum atomic E-state index is 13.5. The Morgan fingerprint density at radius 3 is 2.57 bits per heavy atom. The van der Waals surface area contributed by atoms with Crippen molar-refractivity contribution >= 4 is 11.5 Å². The zero-order chi connectivity index (χ0) is 19.1. The van der Waals surface area contributed by atoms with Crippen molar-refractivity contribution in [1.82, 2.24) is 24.4 Å². The summed E-state index contributed by atoms with van der Waals surface area (Å²) in [6.45, 7) is 2.90. The largest absolute Gasteiger partial charge is 0.378 e. The first kappa shape index (κ1) is 16.9. The second kappa shape index (κ2) is 6.72. The van der Waals surface area contributed by atoms with Crippen LogP contribution in [0.4, 0.5) is 10.2 Å². The van der Waals surface area contributed by atoms with Crippen molar-refractivity contribution in [2.45, 2.75) is 0 Å². The summed E-state index contributed by atoms with van der Waals surface area (Å²) in [7, 11) is 1.93. The van der Waals surface area contributed by atoms with Crippen molar-refractivity contribution in [3.63, 3.8) is 0 Å². The van der Waals surface area contributed by atoms with E-state index in [9.17, 15) is 4.39 Å². The van der Waals surface area contributed by atoms with Crippen LogP contribution < -0.4 is 4.90 Å². The summed E-state index contributed by atoms with van der Waals surface area (Å²) < 4.78 is 22.6. The van der Waals surface area contributed by atoms with Crippen molar-refractivity contribution in [2.24, 2.45) is 7.05 Å². The lowest BCUT2D eigenvalue weighted by molar-refractivity contribution is 0.122. The lowest BCUT2D eigenvalue weighted by Gasteiger charge is -2.29. The molecule has 1 saturated heterocycles. The van der Waals surface area contributed by atoms with Gasteiger partial charge in [0.2, 0.25) is 0 Å². The number of benzene rings is 1. The first-order valence-electron chi connectivity index (χ1n) is 9.17. The third-order valence-electron chi connectivity index (χ3n) is 4.96. The molecule has 5 rings (SSSR count). The summed E-state index contributed by atoms with van der Waals surface area (Å²) in [5.41, 5.74) is 4.12. The normalized spacial score (nSPS) is 14.7. The highest BCUT2D eigenvalue weighted by atomic mass is 19.1. The summed E-state index contributed by atoms with van der Waals surface area (Å²) in [6.07, 6.45) is 3.54. The second-order valence-corrected chi connectivity index (χ2v) is 6.73. The van der Waals surface area contributed by atoms with Crippen LogP contribution in [0.3, 0.4) is 0 Å². The van der Waals surface area contributed by atoms with E-state index in [-0.39, 0.29) is 5.82 Å². The number of anilines is 1. The smallest absolute Gasteiger partial charge is 0.153 e. The summed E-state index contributed by atoms with van der Waals surface area (Å²) in [5.74, 6) is 0.710. The van der Waals surface area contributed by atoms with Gasteiger partial charge in [-0.15, -0.1) is 0 Å². The molecular weight excluding hydrogens is 359 g/mol. The van der Waals surface area contributed by atoms with Crippen molar-refractivity contribution < 1.29 is 9.13 Å². The Morgan fingerprint density at radius 1 is 1.00 bits per heavy atom. The van der Waals surface area contributed by atoms with Gasteiger partial charge in [0.1, 0.15) is 17.3 Å². The van der Waals surface area contributed by atoms with Crippen LogP contribution in [0, 0.1) is 5.82 Å². The number of hydrogen-bond donors (Lipinski definition) is 0. The fraction of sp³-hybridized carbons (Fsp3) is 0.250. The van der Waals surface area contributed by atoms with E-state index in [2.05, 4.69) is 9.88 Å². The van der Waals surface area contributed by atoms with E-state index in [0.717, 1.165) is 47.1 Å². The van der Waals surface area contributed by atoms with E-state index >= 15 is 0 Å². The van der Waals surface area contributed by atoms with Gasteiger partial charge < -0.3 is 9.64 Å². The Bertz CT molecular complexity index is 1130. The molecule has 0 aliphatic carbocycles. The van der Waals surface area contributed by atoms with Crippen molar-refractivity contribution in [3.8, 4) is 22.5 Å². The van der Waals surface area contributed by atoms with Crippen molar-refractivity contribution in [2.75, 3.05) is 31.2 Å². The minimum Gasteiger partial charge on any atom is -0.378 e. The molecule has 4 aromatic rings. The molecule has 1 fully saturated rings. The van der Waals surface area contributed by atoms with Crippen molar-refractivity contribution in [1.29, 1.82) is 0 Å². The molecule has 4 heterocycles. The van der Waals surface area contributed by atoms with Gasteiger partial charge in [0.25, 0.3) is 0 Å². The van der Waals surface area contributed by atoms with Gasteiger partial charge in [0, 0.05) is 38.1 Å². The summed E-state index contributed by atoms with van der Waals surface area (Å²) in [6, 6.07) is 10.3. The Hall–Kier alpha value is -3.26. The van der Waals surface area contributed by atoms with Gasteiger partial charge in [0.05, 0.1) is 24.5 Å². The molecule has 1 aromatic carbocycles. The molecule has 3 aromatic heterocycles. The van der Waals surface area contributed by atoms with E-state index < -0.39 is 0 Å². The summed E-state index contributed by atoms with van der Waals surface area (Å²) in [5, 5.41) is 9.52. The Labute approximate surface area is 161 Å². The predicted octanol–water partition coefficient (Wildman–Crippen LogP) is 2.77. The number of rotatable bonds is 3. The number of halogens is 1. The zero-order valence-electron chi connectivity index (χ0n) is 15.4.